The Morgan fingerprint density at radius 2 is 1.94 bits per heavy atom. The molecule has 1 aromatic rings. The Bertz CT molecular complexity index is 354. The van der Waals surface area contributed by atoms with Crippen LogP contribution in [0.1, 0.15) is 12.0 Å². The van der Waals surface area contributed by atoms with Gasteiger partial charge in [0.15, 0.2) is 0 Å². The van der Waals surface area contributed by atoms with Crippen LogP contribution in [0.15, 0.2) is 30.3 Å². The Morgan fingerprint density at radius 1 is 1.35 bits per heavy atom. The van der Waals surface area contributed by atoms with Crippen LogP contribution in [0.25, 0.3) is 0 Å². The first-order chi connectivity index (χ1) is 8.00. The maximum Gasteiger partial charge on any atom is 0.304 e. The molecule has 1 N–H and O–H groups in total. The molecule has 0 spiro atoms. The normalized spacial score (nSPS) is 14.6. The third-order valence-corrected chi connectivity index (χ3v) is 3.31. The maximum atomic E-state index is 10.7. The first kappa shape index (κ1) is 14.1. The van der Waals surface area contributed by atoms with Gasteiger partial charge in [0, 0.05) is 11.3 Å². The van der Waals surface area contributed by atoms with Gasteiger partial charge in [-0.05, 0) is 26.1 Å². The van der Waals surface area contributed by atoms with Crippen LogP contribution in [-0.2, 0) is 11.2 Å². The molecular formula is C13H19NO2S. The molecule has 0 radical (unpaired) electrons. The summed E-state index contributed by atoms with van der Waals surface area (Å²) in [6.07, 6.45) is 0.897. The van der Waals surface area contributed by atoms with Crippen molar-refractivity contribution in [2.75, 3.05) is 14.1 Å². The Hall–Kier alpha value is -1.00. The second-order valence-electron chi connectivity index (χ2n) is 4.39. The number of carboxylic acid groups (broad SMARTS) is 1. The topological polar surface area (TPSA) is 40.5 Å². The van der Waals surface area contributed by atoms with Gasteiger partial charge < -0.3 is 10.0 Å². The minimum absolute atomic E-state index is 0.0821. The van der Waals surface area contributed by atoms with E-state index in [1.54, 1.807) is 0 Å². The molecule has 0 aliphatic rings. The van der Waals surface area contributed by atoms with Crippen molar-refractivity contribution in [2.24, 2.45) is 0 Å². The predicted octanol–water partition coefficient (Wildman–Crippen LogP) is 1.93. The lowest BCUT2D eigenvalue weighted by Gasteiger charge is -2.28. The molecule has 3 nitrogen and oxygen atoms in total. The van der Waals surface area contributed by atoms with Crippen molar-refractivity contribution in [1.29, 1.82) is 0 Å². The maximum absolute atomic E-state index is 10.7. The van der Waals surface area contributed by atoms with Gasteiger partial charge in [-0.2, -0.15) is 12.6 Å². The zero-order valence-corrected chi connectivity index (χ0v) is 11.1. The van der Waals surface area contributed by atoms with E-state index in [4.69, 9.17) is 5.11 Å². The standard InChI is InChI=1S/C13H19NO2S/c1-14(2)11(12(17)9-13(15)16)8-10-6-4-3-5-7-10/h3-7,11-12,17H,8-9H2,1-2H3,(H,15,16). The molecule has 4 heteroatoms. The Labute approximate surface area is 108 Å². The van der Waals surface area contributed by atoms with Crippen LogP contribution in [0.4, 0.5) is 0 Å². The van der Waals surface area contributed by atoms with E-state index in [0.717, 1.165) is 6.42 Å². The van der Waals surface area contributed by atoms with E-state index in [9.17, 15) is 4.79 Å². The molecule has 0 aromatic heterocycles. The first-order valence-corrected chi connectivity index (χ1v) is 6.12. The Morgan fingerprint density at radius 3 is 2.41 bits per heavy atom. The average molecular weight is 253 g/mol. The van der Waals surface area contributed by atoms with Crippen molar-refractivity contribution < 1.29 is 9.90 Å². The van der Waals surface area contributed by atoms with Crippen LogP contribution in [-0.4, -0.2) is 41.4 Å². The summed E-state index contributed by atoms with van der Waals surface area (Å²) in [6, 6.07) is 10.2. The van der Waals surface area contributed by atoms with Crippen LogP contribution in [0.3, 0.4) is 0 Å². The molecule has 0 aliphatic carbocycles. The summed E-state index contributed by atoms with van der Waals surface area (Å²) in [5.41, 5.74) is 1.20. The van der Waals surface area contributed by atoms with Gasteiger partial charge in [0.05, 0.1) is 6.42 Å². The van der Waals surface area contributed by atoms with Gasteiger partial charge >= 0.3 is 5.97 Å². The molecule has 0 fully saturated rings. The second-order valence-corrected chi connectivity index (χ2v) is 5.05. The molecule has 2 unspecified atom stereocenters. The molecular weight excluding hydrogens is 234 g/mol. The number of carbonyl (C=O) groups is 1. The highest BCUT2D eigenvalue weighted by atomic mass is 32.1. The molecule has 0 saturated carbocycles. The summed E-state index contributed by atoms with van der Waals surface area (Å²) >= 11 is 4.41. The van der Waals surface area contributed by atoms with Crippen molar-refractivity contribution in [3.8, 4) is 0 Å². The zero-order chi connectivity index (χ0) is 12.8. The second kappa shape index (κ2) is 6.67. The minimum atomic E-state index is -0.801. The summed E-state index contributed by atoms with van der Waals surface area (Å²) in [4.78, 5) is 12.8. The monoisotopic (exact) mass is 253 g/mol. The number of carboxylic acids is 1. The number of nitrogens with zero attached hydrogens (tertiary/aromatic N) is 1. The SMILES string of the molecule is CN(C)C(Cc1ccccc1)C(S)CC(=O)O. The lowest BCUT2D eigenvalue weighted by atomic mass is 10.0. The van der Waals surface area contributed by atoms with Crippen LogP contribution in [0.5, 0.6) is 0 Å². The number of aliphatic carboxylic acids is 1. The number of likely N-dealkylation sites (N-methyl/N-ethyl adjacent to an activating group) is 1. The molecule has 2 atom stereocenters. The van der Waals surface area contributed by atoms with E-state index >= 15 is 0 Å². The number of hydrogen-bond acceptors (Lipinski definition) is 3. The van der Waals surface area contributed by atoms with Crippen LogP contribution >= 0.6 is 12.6 Å². The molecule has 0 heterocycles. The van der Waals surface area contributed by atoms with Gasteiger partial charge in [0.2, 0.25) is 0 Å². The quantitative estimate of drug-likeness (QED) is 0.761. The van der Waals surface area contributed by atoms with Crippen LogP contribution < -0.4 is 0 Å². The van der Waals surface area contributed by atoms with Crippen molar-refractivity contribution in [2.45, 2.75) is 24.1 Å². The fourth-order valence-electron chi connectivity index (χ4n) is 1.83. The number of rotatable bonds is 6. The first-order valence-electron chi connectivity index (χ1n) is 5.61. The summed E-state index contributed by atoms with van der Waals surface area (Å²) in [6.45, 7) is 0. The third-order valence-electron chi connectivity index (χ3n) is 2.78. The van der Waals surface area contributed by atoms with Gasteiger partial charge in [0.1, 0.15) is 0 Å². The van der Waals surface area contributed by atoms with E-state index in [1.807, 2.05) is 37.2 Å². The van der Waals surface area contributed by atoms with Crippen molar-refractivity contribution in [1.82, 2.24) is 4.90 Å². The lowest BCUT2D eigenvalue weighted by molar-refractivity contribution is -0.137. The molecule has 0 saturated heterocycles. The zero-order valence-electron chi connectivity index (χ0n) is 10.2. The van der Waals surface area contributed by atoms with Gasteiger partial charge in [-0.3, -0.25) is 4.79 Å². The van der Waals surface area contributed by atoms with E-state index in [0.29, 0.717) is 0 Å². The average Bonchev–Trinajstić information content (AvgIpc) is 2.25. The summed E-state index contributed by atoms with van der Waals surface area (Å²) in [5.74, 6) is -0.801. The van der Waals surface area contributed by atoms with E-state index in [2.05, 4.69) is 24.8 Å². The Kier molecular flexibility index (Phi) is 5.51. The van der Waals surface area contributed by atoms with Gasteiger partial charge in [-0.15, -0.1) is 0 Å². The molecule has 0 amide bonds. The molecule has 1 rings (SSSR count). The third kappa shape index (κ3) is 4.79. The van der Waals surface area contributed by atoms with Crippen molar-refractivity contribution in [3.63, 3.8) is 0 Å². The fraction of sp³-hybridized carbons (Fsp3) is 0.462. The highest BCUT2D eigenvalue weighted by Crippen LogP contribution is 2.16. The molecule has 17 heavy (non-hydrogen) atoms. The predicted molar refractivity (Wildman–Crippen MR) is 72.6 cm³/mol. The van der Waals surface area contributed by atoms with Crippen LogP contribution in [0.2, 0.25) is 0 Å². The summed E-state index contributed by atoms with van der Waals surface area (Å²) in [7, 11) is 3.91. The highest BCUT2D eigenvalue weighted by molar-refractivity contribution is 7.81. The van der Waals surface area contributed by atoms with E-state index in [-0.39, 0.29) is 17.7 Å². The minimum Gasteiger partial charge on any atom is -0.481 e. The lowest BCUT2D eigenvalue weighted by Crippen LogP contribution is -2.39. The van der Waals surface area contributed by atoms with Crippen LogP contribution in [0, 0.1) is 0 Å². The smallest absolute Gasteiger partial charge is 0.304 e. The van der Waals surface area contributed by atoms with E-state index in [1.165, 1.54) is 5.56 Å². The molecule has 0 aliphatic heterocycles. The number of hydrogen-bond donors (Lipinski definition) is 2. The fourth-order valence-corrected chi connectivity index (χ4v) is 2.36. The molecule has 0 bridgehead atoms. The number of thiol groups is 1. The highest BCUT2D eigenvalue weighted by Gasteiger charge is 2.22. The van der Waals surface area contributed by atoms with Crippen molar-refractivity contribution in [3.05, 3.63) is 35.9 Å². The van der Waals surface area contributed by atoms with Gasteiger partial charge in [-0.25, -0.2) is 0 Å². The van der Waals surface area contributed by atoms with E-state index < -0.39 is 5.97 Å². The summed E-state index contributed by atoms with van der Waals surface area (Å²) in [5, 5.41) is 8.65. The largest absolute Gasteiger partial charge is 0.481 e. The molecule has 94 valence electrons. The Balaban J connectivity index is 2.70. The molecule has 1 aromatic carbocycles. The van der Waals surface area contributed by atoms with Gasteiger partial charge in [0.25, 0.3) is 0 Å². The summed E-state index contributed by atoms with van der Waals surface area (Å²) < 4.78 is 0. The number of benzene rings is 1. The van der Waals surface area contributed by atoms with Gasteiger partial charge in [-0.1, -0.05) is 30.3 Å². The van der Waals surface area contributed by atoms with Crippen molar-refractivity contribution >= 4 is 18.6 Å².